The first-order valence-corrected chi connectivity index (χ1v) is 11.4. The first-order valence-electron chi connectivity index (χ1n) is 11.0. The summed E-state index contributed by atoms with van der Waals surface area (Å²) in [7, 11) is 3.11. The third-order valence-electron chi connectivity index (χ3n) is 5.08. The first-order chi connectivity index (χ1) is 16.4. The largest absolute Gasteiger partial charge is 0.493 e. The summed E-state index contributed by atoms with van der Waals surface area (Å²) in [5.74, 6) is 0.673. The van der Waals surface area contributed by atoms with Crippen LogP contribution in [0.3, 0.4) is 0 Å². The van der Waals surface area contributed by atoms with Gasteiger partial charge in [-0.1, -0.05) is 19.9 Å². The summed E-state index contributed by atoms with van der Waals surface area (Å²) in [4.78, 5) is 26.7. The van der Waals surface area contributed by atoms with Gasteiger partial charge in [-0.05, 0) is 73.3 Å². The maximum Gasteiger partial charge on any atom is 0.251 e. The third kappa shape index (κ3) is 8.49. The fourth-order valence-corrected chi connectivity index (χ4v) is 3.34. The Morgan fingerprint density at radius 2 is 1.68 bits per heavy atom. The number of thiocarbonyl (C=S) groups is 1. The smallest absolute Gasteiger partial charge is 0.251 e. The molecule has 3 N–H and O–H groups in total. The summed E-state index contributed by atoms with van der Waals surface area (Å²) in [6, 6.07) is 12.2. The molecule has 2 aromatic rings. The van der Waals surface area contributed by atoms with Crippen LogP contribution in [0.5, 0.6) is 11.5 Å². The topological polar surface area (TPSA) is 91.9 Å². The van der Waals surface area contributed by atoms with Crippen molar-refractivity contribution in [3.8, 4) is 11.5 Å². The summed E-state index contributed by atoms with van der Waals surface area (Å²) < 4.78 is 10.5. The minimum absolute atomic E-state index is 0.130. The second-order valence-corrected chi connectivity index (χ2v) is 7.66. The Balaban J connectivity index is 1.83. The molecule has 2 aromatic carbocycles. The molecular formula is C25H32N4O4S. The van der Waals surface area contributed by atoms with Crippen LogP contribution in [0.25, 0.3) is 6.08 Å². The molecule has 0 unspecified atom stereocenters. The SMILES string of the molecule is CCN(CC)CCNC(=O)c1ccc(NC(=S)NC(=O)/C=C/c2ccc(OC)c(OC)c2)cc1. The number of nitrogens with one attached hydrogen (secondary N) is 3. The van der Waals surface area contributed by atoms with E-state index in [0.29, 0.717) is 29.3 Å². The van der Waals surface area contributed by atoms with Gasteiger partial charge in [-0.25, -0.2) is 0 Å². The van der Waals surface area contributed by atoms with E-state index in [9.17, 15) is 9.59 Å². The van der Waals surface area contributed by atoms with Gasteiger partial charge in [0.15, 0.2) is 16.6 Å². The molecule has 0 aliphatic heterocycles. The molecule has 0 saturated carbocycles. The van der Waals surface area contributed by atoms with Crippen molar-refractivity contribution in [2.75, 3.05) is 45.7 Å². The summed E-state index contributed by atoms with van der Waals surface area (Å²) >= 11 is 5.21. The number of hydrogen-bond donors (Lipinski definition) is 3. The Hall–Kier alpha value is -3.43. The number of hydrogen-bond acceptors (Lipinski definition) is 6. The molecule has 0 bridgehead atoms. The van der Waals surface area contributed by atoms with E-state index in [1.807, 2.05) is 6.07 Å². The lowest BCUT2D eigenvalue weighted by molar-refractivity contribution is -0.115. The van der Waals surface area contributed by atoms with Gasteiger partial charge in [0.05, 0.1) is 14.2 Å². The van der Waals surface area contributed by atoms with E-state index < -0.39 is 0 Å². The fraction of sp³-hybridized carbons (Fsp3) is 0.320. The second-order valence-electron chi connectivity index (χ2n) is 7.25. The number of ether oxygens (including phenoxy) is 2. The molecule has 182 valence electrons. The zero-order chi connectivity index (χ0) is 24.9. The quantitative estimate of drug-likeness (QED) is 0.333. The minimum atomic E-state index is -0.378. The zero-order valence-corrected chi connectivity index (χ0v) is 20.8. The van der Waals surface area contributed by atoms with Crippen LogP contribution in [0.15, 0.2) is 48.5 Å². The maximum atomic E-state index is 12.3. The summed E-state index contributed by atoms with van der Waals surface area (Å²) in [5.41, 5.74) is 1.99. The highest BCUT2D eigenvalue weighted by atomic mass is 32.1. The van der Waals surface area contributed by atoms with Crippen LogP contribution in [0.4, 0.5) is 5.69 Å². The number of amides is 2. The number of carbonyl (C=O) groups is 2. The highest BCUT2D eigenvalue weighted by Gasteiger charge is 2.08. The van der Waals surface area contributed by atoms with Crippen molar-refractivity contribution in [2.24, 2.45) is 0 Å². The Labute approximate surface area is 206 Å². The molecule has 0 aliphatic rings. The first kappa shape index (κ1) is 26.8. The van der Waals surface area contributed by atoms with Crippen LogP contribution in [0, 0.1) is 0 Å². The number of methoxy groups -OCH3 is 2. The number of benzene rings is 2. The van der Waals surface area contributed by atoms with Gasteiger partial charge >= 0.3 is 0 Å². The van der Waals surface area contributed by atoms with E-state index in [-0.39, 0.29) is 16.9 Å². The third-order valence-corrected chi connectivity index (χ3v) is 5.29. The van der Waals surface area contributed by atoms with Gasteiger partial charge in [-0.15, -0.1) is 0 Å². The molecule has 8 nitrogen and oxygen atoms in total. The van der Waals surface area contributed by atoms with Crippen LogP contribution in [-0.4, -0.2) is 62.2 Å². The number of likely N-dealkylation sites (N-methyl/N-ethyl adjacent to an activating group) is 1. The van der Waals surface area contributed by atoms with E-state index in [1.165, 1.54) is 6.08 Å². The van der Waals surface area contributed by atoms with Crippen molar-refractivity contribution in [3.63, 3.8) is 0 Å². The van der Waals surface area contributed by atoms with Crippen molar-refractivity contribution < 1.29 is 19.1 Å². The van der Waals surface area contributed by atoms with Gasteiger partial charge in [0.2, 0.25) is 5.91 Å². The highest BCUT2D eigenvalue weighted by Crippen LogP contribution is 2.27. The fourth-order valence-electron chi connectivity index (χ4n) is 3.12. The van der Waals surface area contributed by atoms with Crippen molar-refractivity contribution in [2.45, 2.75) is 13.8 Å². The van der Waals surface area contributed by atoms with Gasteiger partial charge < -0.3 is 25.0 Å². The number of rotatable bonds is 11. The molecule has 9 heteroatoms. The Bertz CT molecular complexity index is 1000. The van der Waals surface area contributed by atoms with Gasteiger partial charge in [0, 0.05) is 30.4 Å². The number of anilines is 1. The lowest BCUT2D eigenvalue weighted by atomic mass is 10.2. The normalized spacial score (nSPS) is 10.7. The van der Waals surface area contributed by atoms with E-state index in [1.54, 1.807) is 56.7 Å². The van der Waals surface area contributed by atoms with Gasteiger partial charge in [0.25, 0.3) is 5.91 Å². The van der Waals surface area contributed by atoms with E-state index >= 15 is 0 Å². The molecule has 34 heavy (non-hydrogen) atoms. The number of carbonyl (C=O) groups excluding carboxylic acids is 2. The second kappa shape index (κ2) is 14.0. The van der Waals surface area contributed by atoms with Crippen LogP contribution >= 0.6 is 12.2 Å². The van der Waals surface area contributed by atoms with Gasteiger partial charge in [-0.2, -0.15) is 0 Å². The molecule has 2 amide bonds. The van der Waals surface area contributed by atoms with Crippen LogP contribution in [0.2, 0.25) is 0 Å². The van der Waals surface area contributed by atoms with Crippen molar-refractivity contribution >= 4 is 40.9 Å². The zero-order valence-electron chi connectivity index (χ0n) is 20.0. The molecule has 0 atom stereocenters. The molecular weight excluding hydrogens is 452 g/mol. The van der Waals surface area contributed by atoms with Gasteiger partial charge in [0.1, 0.15) is 0 Å². The summed E-state index contributed by atoms with van der Waals surface area (Å²) in [5, 5.41) is 8.60. The van der Waals surface area contributed by atoms with Crippen molar-refractivity contribution in [1.29, 1.82) is 0 Å². The Kier molecular flexibility index (Phi) is 11.0. The van der Waals surface area contributed by atoms with Crippen molar-refractivity contribution in [3.05, 3.63) is 59.7 Å². The molecule has 2 rings (SSSR count). The predicted octanol–water partition coefficient (Wildman–Crippen LogP) is 3.30. The van der Waals surface area contributed by atoms with E-state index in [2.05, 4.69) is 34.7 Å². The average molecular weight is 485 g/mol. The number of nitrogens with zero attached hydrogens (tertiary/aromatic N) is 1. The van der Waals surface area contributed by atoms with Crippen LogP contribution < -0.4 is 25.4 Å². The van der Waals surface area contributed by atoms with Crippen LogP contribution in [0.1, 0.15) is 29.8 Å². The molecule has 0 saturated heterocycles. The lowest BCUT2D eigenvalue weighted by Gasteiger charge is -2.18. The molecule has 0 spiro atoms. The summed E-state index contributed by atoms with van der Waals surface area (Å²) in [6.45, 7) is 7.50. The van der Waals surface area contributed by atoms with E-state index in [4.69, 9.17) is 21.7 Å². The highest BCUT2D eigenvalue weighted by molar-refractivity contribution is 7.80. The van der Waals surface area contributed by atoms with E-state index in [0.717, 1.165) is 25.2 Å². The minimum Gasteiger partial charge on any atom is -0.493 e. The van der Waals surface area contributed by atoms with Gasteiger partial charge in [-0.3, -0.25) is 14.9 Å². The Morgan fingerprint density at radius 1 is 1.00 bits per heavy atom. The Morgan fingerprint density at radius 3 is 2.29 bits per heavy atom. The van der Waals surface area contributed by atoms with Crippen molar-refractivity contribution in [1.82, 2.24) is 15.5 Å². The predicted molar refractivity (Wildman–Crippen MR) is 140 cm³/mol. The monoisotopic (exact) mass is 484 g/mol. The maximum absolute atomic E-state index is 12.3. The molecule has 0 fully saturated rings. The standard InChI is InChI=1S/C25H32N4O4S/c1-5-29(6-2)16-15-26-24(31)19-9-11-20(12-10-19)27-25(34)28-23(30)14-8-18-7-13-21(32-3)22(17-18)33-4/h7-14,17H,5-6,15-16H2,1-4H3,(H,26,31)(H2,27,28,30,34)/b14-8+. The molecule has 0 radical (unpaired) electrons. The lowest BCUT2D eigenvalue weighted by Crippen LogP contribution is -2.34. The summed E-state index contributed by atoms with van der Waals surface area (Å²) in [6.07, 6.45) is 3.02. The van der Waals surface area contributed by atoms with Crippen LogP contribution in [-0.2, 0) is 4.79 Å². The molecule has 0 aliphatic carbocycles. The average Bonchev–Trinajstić information content (AvgIpc) is 2.85. The molecule has 0 aromatic heterocycles. The molecule has 0 heterocycles.